The number of carbonyl (C=O) groups excluding carboxylic acids is 1. The quantitative estimate of drug-likeness (QED) is 0.884. The van der Waals surface area contributed by atoms with E-state index >= 15 is 0 Å². The Morgan fingerprint density at radius 2 is 2.23 bits per heavy atom. The van der Waals surface area contributed by atoms with E-state index in [0.29, 0.717) is 13.1 Å². The van der Waals surface area contributed by atoms with Crippen LogP contribution in [-0.4, -0.2) is 53.3 Å². The molecule has 0 fully saturated rings. The number of carbonyl (C=O) groups is 1. The Morgan fingerprint density at radius 1 is 1.45 bits per heavy atom. The third-order valence-corrected chi connectivity index (χ3v) is 4.22. The van der Waals surface area contributed by atoms with E-state index in [0.717, 1.165) is 5.56 Å². The van der Waals surface area contributed by atoms with Crippen molar-refractivity contribution in [3.8, 4) is 0 Å². The SMILES string of the molecule is CN(Cc1cnn(C)c1)C(=O)NC[C@@H](c1ccsc1)N(C)C. The predicted octanol–water partition coefficient (Wildman–Crippen LogP) is 1.93. The average molecular weight is 321 g/mol. The molecule has 0 unspecified atom stereocenters. The number of hydrogen-bond acceptors (Lipinski definition) is 4. The van der Waals surface area contributed by atoms with Crippen LogP contribution in [0.4, 0.5) is 4.79 Å². The van der Waals surface area contributed by atoms with Crippen molar-refractivity contribution < 1.29 is 4.79 Å². The first-order valence-corrected chi connectivity index (χ1v) is 8.06. The highest BCUT2D eigenvalue weighted by molar-refractivity contribution is 7.07. The van der Waals surface area contributed by atoms with Crippen molar-refractivity contribution in [2.24, 2.45) is 7.05 Å². The molecule has 120 valence electrons. The second-order valence-corrected chi connectivity index (χ2v) is 6.38. The molecular weight excluding hydrogens is 298 g/mol. The maximum atomic E-state index is 12.2. The molecule has 0 aromatic carbocycles. The number of rotatable bonds is 6. The largest absolute Gasteiger partial charge is 0.336 e. The normalized spacial score (nSPS) is 12.4. The summed E-state index contributed by atoms with van der Waals surface area (Å²) in [6.45, 7) is 1.13. The van der Waals surface area contributed by atoms with E-state index < -0.39 is 0 Å². The number of aryl methyl sites for hydroxylation is 1. The van der Waals surface area contributed by atoms with Gasteiger partial charge < -0.3 is 15.1 Å². The van der Waals surface area contributed by atoms with Crippen molar-refractivity contribution in [2.75, 3.05) is 27.7 Å². The number of nitrogens with zero attached hydrogens (tertiary/aromatic N) is 4. The maximum Gasteiger partial charge on any atom is 0.317 e. The fraction of sp³-hybridized carbons (Fsp3) is 0.467. The Kier molecular flexibility index (Phi) is 5.57. The molecular formula is C15H23N5OS. The van der Waals surface area contributed by atoms with Gasteiger partial charge in [0.2, 0.25) is 0 Å². The summed E-state index contributed by atoms with van der Waals surface area (Å²) in [4.78, 5) is 16.0. The summed E-state index contributed by atoms with van der Waals surface area (Å²) in [5.41, 5.74) is 2.24. The van der Waals surface area contributed by atoms with E-state index in [9.17, 15) is 4.79 Å². The summed E-state index contributed by atoms with van der Waals surface area (Å²) in [6, 6.07) is 2.20. The Hall–Kier alpha value is -1.86. The highest BCUT2D eigenvalue weighted by atomic mass is 32.1. The molecule has 0 saturated carbocycles. The van der Waals surface area contributed by atoms with E-state index in [1.54, 1.807) is 34.2 Å². The van der Waals surface area contributed by atoms with Gasteiger partial charge in [-0.05, 0) is 36.5 Å². The first-order valence-electron chi connectivity index (χ1n) is 7.12. The molecule has 2 rings (SSSR count). The first-order chi connectivity index (χ1) is 10.5. The smallest absolute Gasteiger partial charge is 0.317 e. The zero-order valence-electron chi connectivity index (χ0n) is 13.5. The zero-order chi connectivity index (χ0) is 16.1. The fourth-order valence-corrected chi connectivity index (χ4v) is 2.99. The van der Waals surface area contributed by atoms with Crippen molar-refractivity contribution in [1.29, 1.82) is 0 Å². The molecule has 2 aromatic rings. The topological polar surface area (TPSA) is 53.4 Å². The molecule has 0 spiro atoms. The monoisotopic (exact) mass is 321 g/mol. The summed E-state index contributed by atoms with van der Waals surface area (Å²) in [6.07, 6.45) is 3.69. The van der Waals surface area contributed by atoms with Gasteiger partial charge in [-0.1, -0.05) is 0 Å². The number of thiophene rings is 1. The van der Waals surface area contributed by atoms with Crippen LogP contribution in [0, 0.1) is 0 Å². The average Bonchev–Trinajstić information content (AvgIpc) is 3.10. The van der Waals surface area contributed by atoms with Gasteiger partial charge >= 0.3 is 6.03 Å². The Bertz CT molecular complexity index is 593. The van der Waals surface area contributed by atoms with E-state index in [2.05, 4.69) is 32.1 Å². The van der Waals surface area contributed by atoms with Crippen LogP contribution in [0.1, 0.15) is 17.2 Å². The van der Waals surface area contributed by atoms with Crippen LogP contribution >= 0.6 is 11.3 Å². The van der Waals surface area contributed by atoms with Crippen LogP contribution in [0.15, 0.2) is 29.2 Å². The molecule has 1 N–H and O–H groups in total. The van der Waals surface area contributed by atoms with Crippen LogP contribution in [-0.2, 0) is 13.6 Å². The third kappa shape index (κ3) is 4.32. The number of amides is 2. The van der Waals surface area contributed by atoms with Gasteiger partial charge in [-0.15, -0.1) is 0 Å². The van der Waals surface area contributed by atoms with E-state index in [-0.39, 0.29) is 12.1 Å². The molecule has 2 heterocycles. The Balaban J connectivity index is 1.88. The Labute approximate surface area is 135 Å². The molecule has 2 amide bonds. The Morgan fingerprint density at radius 3 is 2.77 bits per heavy atom. The van der Waals surface area contributed by atoms with Gasteiger partial charge in [0.15, 0.2) is 0 Å². The molecule has 0 aliphatic carbocycles. The van der Waals surface area contributed by atoms with Crippen LogP contribution < -0.4 is 5.32 Å². The lowest BCUT2D eigenvalue weighted by Crippen LogP contribution is -2.41. The van der Waals surface area contributed by atoms with Gasteiger partial charge in [-0.25, -0.2) is 4.79 Å². The van der Waals surface area contributed by atoms with Crippen LogP contribution in [0.25, 0.3) is 0 Å². The van der Waals surface area contributed by atoms with Gasteiger partial charge in [0.25, 0.3) is 0 Å². The number of nitrogens with one attached hydrogen (secondary N) is 1. The third-order valence-electron chi connectivity index (χ3n) is 3.52. The second kappa shape index (κ2) is 7.42. The molecule has 7 heteroatoms. The minimum absolute atomic E-state index is 0.0778. The standard InChI is InChI=1S/C15H23N5OS/c1-18(2)14(13-5-6-22-11-13)8-16-15(21)19(3)9-12-7-17-20(4)10-12/h5-7,10-11,14H,8-9H2,1-4H3,(H,16,21)/t14-/m0/s1. The number of aromatic nitrogens is 2. The lowest BCUT2D eigenvalue weighted by molar-refractivity contribution is 0.201. The van der Waals surface area contributed by atoms with Gasteiger partial charge in [-0.2, -0.15) is 16.4 Å². The van der Waals surface area contributed by atoms with Gasteiger partial charge in [0.05, 0.1) is 18.8 Å². The molecule has 22 heavy (non-hydrogen) atoms. The van der Waals surface area contributed by atoms with Crippen molar-refractivity contribution in [3.05, 3.63) is 40.3 Å². The van der Waals surface area contributed by atoms with Gasteiger partial charge in [0, 0.05) is 32.4 Å². The minimum atomic E-state index is -0.0778. The molecule has 2 aromatic heterocycles. The van der Waals surface area contributed by atoms with Crippen LogP contribution in [0.3, 0.4) is 0 Å². The molecule has 1 atom stereocenters. The van der Waals surface area contributed by atoms with E-state index in [1.807, 2.05) is 27.3 Å². The zero-order valence-corrected chi connectivity index (χ0v) is 14.3. The summed E-state index contributed by atoms with van der Waals surface area (Å²) in [5, 5.41) is 11.3. The predicted molar refractivity (Wildman–Crippen MR) is 88.8 cm³/mol. The van der Waals surface area contributed by atoms with E-state index in [4.69, 9.17) is 0 Å². The lowest BCUT2D eigenvalue weighted by atomic mass is 10.1. The van der Waals surface area contributed by atoms with Crippen molar-refractivity contribution >= 4 is 17.4 Å². The maximum absolute atomic E-state index is 12.2. The molecule has 0 saturated heterocycles. The van der Waals surface area contributed by atoms with Crippen LogP contribution in [0.5, 0.6) is 0 Å². The number of urea groups is 1. The van der Waals surface area contributed by atoms with Crippen molar-refractivity contribution in [1.82, 2.24) is 24.9 Å². The molecule has 6 nitrogen and oxygen atoms in total. The second-order valence-electron chi connectivity index (χ2n) is 5.60. The highest BCUT2D eigenvalue weighted by Crippen LogP contribution is 2.20. The summed E-state index contributed by atoms with van der Waals surface area (Å²) >= 11 is 1.67. The number of hydrogen-bond donors (Lipinski definition) is 1. The van der Waals surface area contributed by atoms with Crippen molar-refractivity contribution in [2.45, 2.75) is 12.6 Å². The van der Waals surface area contributed by atoms with Gasteiger partial charge in [-0.3, -0.25) is 4.68 Å². The van der Waals surface area contributed by atoms with Crippen LogP contribution in [0.2, 0.25) is 0 Å². The summed E-state index contributed by atoms with van der Waals surface area (Å²) in [5.74, 6) is 0. The lowest BCUT2D eigenvalue weighted by Gasteiger charge is -2.25. The molecule has 0 aliphatic rings. The van der Waals surface area contributed by atoms with E-state index in [1.165, 1.54) is 5.56 Å². The fourth-order valence-electron chi connectivity index (χ4n) is 2.28. The van der Waals surface area contributed by atoms with Gasteiger partial charge in [0.1, 0.15) is 0 Å². The number of likely N-dealkylation sites (N-methyl/N-ethyl adjacent to an activating group) is 1. The molecule has 0 radical (unpaired) electrons. The van der Waals surface area contributed by atoms with Crippen molar-refractivity contribution in [3.63, 3.8) is 0 Å². The summed E-state index contributed by atoms with van der Waals surface area (Å²) < 4.78 is 1.74. The molecule has 0 bridgehead atoms. The summed E-state index contributed by atoms with van der Waals surface area (Å²) in [7, 11) is 7.70. The molecule has 0 aliphatic heterocycles. The minimum Gasteiger partial charge on any atom is -0.336 e. The first kappa shape index (κ1) is 16.5. The highest BCUT2D eigenvalue weighted by Gasteiger charge is 2.17.